The summed E-state index contributed by atoms with van der Waals surface area (Å²) in [6, 6.07) is 7.62. The standard InChI is InChI=1S/C21H17BrCl3N5O3/c1-10(11-4-5-11)27-20(31)13-7-12(23)8-15(25)18(13)28-21(32)33-17-9-16(22)29-30(17)19-14(24)3-2-6-26-19/h2-3,6-11H,4-5H2,1H3,(H,27,31)(H,28,32). The second-order valence-electron chi connectivity index (χ2n) is 7.45. The van der Waals surface area contributed by atoms with Gasteiger partial charge >= 0.3 is 6.09 Å². The van der Waals surface area contributed by atoms with Crippen LogP contribution in [0.25, 0.3) is 5.82 Å². The fourth-order valence-corrected chi connectivity index (χ4v) is 4.29. The maximum atomic E-state index is 12.9. The van der Waals surface area contributed by atoms with Crippen molar-refractivity contribution in [2.75, 3.05) is 5.32 Å². The second-order valence-corrected chi connectivity index (χ2v) is 9.51. The number of halogens is 4. The van der Waals surface area contributed by atoms with E-state index in [2.05, 4.69) is 36.6 Å². The monoisotopic (exact) mass is 571 g/mol. The molecule has 8 nitrogen and oxygen atoms in total. The molecule has 1 aromatic carbocycles. The van der Waals surface area contributed by atoms with E-state index in [1.807, 2.05) is 6.92 Å². The van der Waals surface area contributed by atoms with Crippen molar-refractivity contribution in [1.82, 2.24) is 20.1 Å². The summed E-state index contributed by atoms with van der Waals surface area (Å²) in [5.41, 5.74) is 0.201. The molecule has 2 aromatic heterocycles. The van der Waals surface area contributed by atoms with Gasteiger partial charge in [-0.25, -0.2) is 9.78 Å². The van der Waals surface area contributed by atoms with Crippen LogP contribution >= 0.6 is 50.7 Å². The molecule has 0 spiro atoms. The summed E-state index contributed by atoms with van der Waals surface area (Å²) in [6.45, 7) is 1.94. The van der Waals surface area contributed by atoms with Crippen LogP contribution in [0.5, 0.6) is 5.88 Å². The Morgan fingerprint density at radius 3 is 2.67 bits per heavy atom. The highest BCUT2D eigenvalue weighted by atomic mass is 79.9. The van der Waals surface area contributed by atoms with E-state index < -0.39 is 12.0 Å². The Kier molecular flexibility index (Phi) is 7.13. The molecule has 2 heterocycles. The molecule has 1 saturated carbocycles. The highest BCUT2D eigenvalue weighted by Crippen LogP contribution is 2.34. The minimum atomic E-state index is -0.899. The first kappa shape index (κ1) is 23.8. The second kappa shape index (κ2) is 9.89. The summed E-state index contributed by atoms with van der Waals surface area (Å²) in [5, 5.41) is 10.3. The fourth-order valence-electron chi connectivity index (χ4n) is 3.20. The molecule has 1 unspecified atom stereocenters. The Morgan fingerprint density at radius 2 is 1.97 bits per heavy atom. The number of pyridine rings is 1. The molecule has 33 heavy (non-hydrogen) atoms. The Hall–Kier alpha value is -2.33. The van der Waals surface area contributed by atoms with Crippen LogP contribution in [0.2, 0.25) is 15.1 Å². The average Bonchev–Trinajstić information content (AvgIpc) is 3.54. The molecule has 12 heteroatoms. The van der Waals surface area contributed by atoms with Crippen molar-refractivity contribution < 1.29 is 14.3 Å². The number of benzene rings is 1. The van der Waals surface area contributed by atoms with Gasteiger partial charge in [-0.2, -0.15) is 9.78 Å². The minimum absolute atomic E-state index is 0.00937. The van der Waals surface area contributed by atoms with Crippen molar-refractivity contribution >= 4 is 68.4 Å². The third-order valence-corrected chi connectivity index (χ3v) is 6.20. The number of hydrogen-bond acceptors (Lipinski definition) is 5. The molecule has 0 saturated heterocycles. The van der Waals surface area contributed by atoms with Crippen molar-refractivity contribution in [2.24, 2.45) is 5.92 Å². The Balaban J connectivity index is 1.57. The van der Waals surface area contributed by atoms with Crippen molar-refractivity contribution in [3.05, 3.63) is 61.8 Å². The number of anilines is 1. The smallest absolute Gasteiger partial charge is 0.391 e. The van der Waals surface area contributed by atoms with Crippen LogP contribution in [-0.2, 0) is 0 Å². The third-order valence-electron chi connectivity index (χ3n) is 5.00. The Bertz CT molecular complexity index is 1230. The maximum absolute atomic E-state index is 12.9. The number of rotatable bonds is 6. The first-order chi connectivity index (χ1) is 15.7. The van der Waals surface area contributed by atoms with Crippen LogP contribution < -0.4 is 15.4 Å². The molecule has 2 N–H and O–H groups in total. The topological polar surface area (TPSA) is 98.1 Å². The number of carbonyl (C=O) groups is 2. The molecule has 1 fully saturated rings. The molecule has 1 atom stereocenters. The summed E-state index contributed by atoms with van der Waals surface area (Å²) in [6.07, 6.45) is 2.77. The lowest BCUT2D eigenvalue weighted by Crippen LogP contribution is -2.34. The zero-order valence-corrected chi connectivity index (χ0v) is 21.0. The molecule has 0 bridgehead atoms. The molecule has 1 aliphatic rings. The molecular weight excluding hydrogens is 557 g/mol. The molecule has 0 aliphatic heterocycles. The van der Waals surface area contributed by atoms with E-state index in [1.54, 1.807) is 12.1 Å². The van der Waals surface area contributed by atoms with Gasteiger partial charge in [-0.1, -0.05) is 34.8 Å². The van der Waals surface area contributed by atoms with E-state index in [4.69, 9.17) is 39.5 Å². The quantitative estimate of drug-likeness (QED) is 0.370. The van der Waals surface area contributed by atoms with Gasteiger partial charge in [-0.05, 0) is 65.9 Å². The van der Waals surface area contributed by atoms with Gasteiger partial charge < -0.3 is 10.1 Å². The third kappa shape index (κ3) is 5.60. The lowest BCUT2D eigenvalue weighted by molar-refractivity contribution is 0.0936. The number of carbonyl (C=O) groups excluding carboxylic acids is 2. The molecule has 2 amide bonds. The predicted octanol–water partition coefficient (Wildman–Crippen LogP) is 6.13. The fraction of sp³-hybridized carbons (Fsp3) is 0.238. The van der Waals surface area contributed by atoms with Crippen LogP contribution in [0.1, 0.15) is 30.1 Å². The van der Waals surface area contributed by atoms with Gasteiger partial charge in [0.15, 0.2) is 5.82 Å². The zero-order chi connectivity index (χ0) is 23.7. The molecule has 1 aliphatic carbocycles. The molecule has 4 rings (SSSR count). The van der Waals surface area contributed by atoms with Gasteiger partial charge in [0.25, 0.3) is 5.91 Å². The number of ether oxygens (including phenoxy) is 1. The Labute approximate surface area is 212 Å². The van der Waals surface area contributed by atoms with E-state index in [0.29, 0.717) is 15.5 Å². The van der Waals surface area contributed by atoms with Crippen LogP contribution in [-0.4, -0.2) is 32.8 Å². The molecule has 0 radical (unpaired) electrons. The highest BCUT2D eigenvalue weighted by molar-refractivity contribution is 9.10. The van der Waals surface area contributed by atoms with E-state index in [9.17, 15) is 9.59 Å². The van der Waals surface area contributed by atoms with Gasteiger partial charge in [-0.3, -0.25) is 10.1 Å². The largest absolute Gasteiger partial charge is 0.418 e. The van der Waals surface area contributed by atoms with Gasteiger partial charge in [-0.15, -0.1) is 0 Å². The summed E-state index contributed by atoms with van der Waals surface area (Å²) >= 11 is 21.9. The molecule has 3 aromatic rings. The first-order valence-corrected chi connectivity index (χ1v) is 11.8. The van der Waals surface area contributed by atoms with Gasteiger partial charge in [0.2, 0.25) is 5.88 Å². The maximum Gasteiger partial charge on any atom is 0.418 e. The molecular formula is C21H17BrCl3N5O3. The van der Waals surface area contributed by atoms with Crippen molar-refractivity contribution in [2.45, 2.75) is 25.8 Å². The van der Waals surface area contributed by atoms with E-state index >= 15 is 0 Å². The van der Waals surface area contributed by atoms with E-state index in [0.717, 1.165) is 12.8 Å². The van der Waals surface area contributed by atoms with Crippen molar-refractivity contribution in [1.29, 1.82) is 0 Å². The van der Waals surface area contributed by atoms with Crippen molar-refractivity contribution in [3.63, 3.8) is 0 Å². The number of nitrogens with one attached hydrogen (secondary N) is 2. The minimum Gasteiger partial charge on any atom is -0.391 e. The lowest BCUT2D eigenvalue weighted by atomic mass is 10.1. The van der Waals surface area contributed by atoms with Crippen molar-refractivity contribution in [3.8, 4) is 11.7 Å². The summed E-state index contributed by atoms with van der Waals surface area (Å²) in [7, 11) is 0. The number of aromatic nitrogens is 3. The van der Waals surface area contributed by atoms with Crippen LogP contribution in [0.15, 0.2) is 41.1 Å². The first-order valence-electron chi connectivity index (χ1n) is 9.88. The number of hydrogen-bond donors (Lipinski definition) is 2. The van der Waals surface area contributed by atoms with Crippen LogP contribution in [0.4, 0.5) is 10.5 Å². The normalized spacial score (nSPS) is 14.0. The van der Waals surface area contributed by atoms with E-state index in [-0.39, 0.29) is 39.0 Å². The van der Waals surface area contributed by atoms with E-state index in [1.165, 1.54) is 29.1 Å². The highest BCUT2D eigenvalue weighted by Gasteiger charge is 2.30. The van der Waals surface area contributed by atoms with Gasteiger partial charge in [0.05, 0.1) is 21.3 Å². The zero-order valence-electron chi connectivity index (χ0n) is 17.1. The Morgan fingerprint density at radius 1 is 1.21 bits per heavy atom. The van der Waals surface area contributed by atoms with Gasteiger partial charge in [0.1, 0.15) is 4.60 Å². The lowest BCUT2D eigenvalue weighted by Gasteiger charge is -2.17. The number of nitrogens with zero attached hydrogens (tertiary/aromatic N) is 3. The summed E-state index contributed by atoms with van der Waals surface area (Å²) in [5.74, 6) is 0.356. The van der Waals surface area contributed by atoms with Crippen LogP contribution in [0.3, 0.4) is 0 Å². The number of amides is 2. The van der Waals surface area contributed by atoms with Crippen LogP contribution in [0, 0.1) is 5.92 Å². The SMILES string of the molecule is CC(NC(=O)c1cc(Cl)cc(Cl)c1NC(=O)Oc1cc(Br)nn1-c1ncccc1Cl)C1CC1. The summed E-state index contributed by atoms with van der Waals surface area (Å²) in [4.78, 5) is 29.8. The predicted molar refractivity (Wildman–Crippen MR) is 130 cm³/mol. The summed E-state index contributed by atoms with van der Waals surface area (Å²) < 4.78 is 7.09. The molecule has 172 valence electrons. The van der Waals surface area contributed by atoms with Gasteiger partial charge in [0, 0.05) is 23.3 Å². The average molecular weight is 574 g/mol.